The lowest BCUT2D eigenvalue weighted by atomic mass is 9.98. The number of nitrogens with zero attached hydrogens (tertiary/aromatic N) is 2. The van der Waals surface area contributed by atoms with Crippen LogP contribution in [0.2, 0.25) is 0 Å². The molecular formula is C25H24N4O5. The van der Waals surface area contributed by atoms with Crippen molar-refractivity contribution < 1.29 is 24.2 Å². The molecule has 1 unspecified atom stereocenters. The second-order valence-electron chi connectivity index (χ2n) is 7.87. The zero-order chi connectivity index (χ0) is 24.2. The van der Waals surface area contributed by atoms with Crippen molar-refractivity contribution in [2.24, 2.45) is 7.05 Å². The lowest BCUT2D eigenvalue weighted by Crippen LogP contribution is -2.40. The van der Waals surface area contributed by atoms with E-state index in [0.717, 1.165) is 22.3 Å². The first-order chi connectivity index (χ1) is 16.4. The Morgan fingerprint density at radius 1 is 1.15 bits per heavy atom. The predicted octanol–water partition coefficient (Wildman–Crippen LogP) is 3.54. The molecule has 1 aromatic heterocycles. The van der Waals surface area contributed by atoms with Crippen LogP contribution >= 0.6 is 0 Å². The zero-order valence-corrected chi connectivity index (χ0v) is 18.5. The zero-order valence-electron chi connectivity index (χ0n) is 18.5. The molecule has 1 atom stereocenters. The number of aliphatic carboxylic acids is 1. The van der Waals surface area contributed by atoms with E-state index >= 15 is 0 Å². The average Bonchev–Trinajstić information content (AvgIpc) is 3.35. The number of ether oxygens (including phenoxy) is 1. The molecular weight excluding hydrogens is 436 g/mol. The minimum Gasteiger partial charge on any atom is -0.480 e. The molecule has 0 saturated heterocycles. The molecule has 2 aromatic carbocycles. The SMILES string of the molecule is C=CCC(NC(=O)c1cnn(C)c1NC(=O)OCC1c2ccccc2-c2ccccc21)C(=O)O. The van der Waals surface area contributed by atoms with Gasteiger partial charge in [-0.25, -0.2) is 9.59 Å². The van der Waals surface area contributed by atoms with Gasteiger partial charge in [-0.15, -0.1) is 6.58 Å². The van der Waals surface area contributed by atoms with Gasteiger partial charge >= 0.3 is 12.1 Å². The summed E-state index contributed by atoms with van der Waals surface area (Å²) < 4.78 is 6.84. The summed E-state index contributed by atoms with van der Waals surface area (Å²) in [5.41, 5.74) is 4.42. The molecule has 4 rings (SSSR count). The van der Waals surface area contributed by atoms with E-state index in [1.807, 2.05) is 48.5 Å². The minimum atomic E-state index is -1.19. The van der Waals surface area contributed by atoms with Gasteiger partial charge in [0.1, 0.15) is 24.0 Å². The predicted molar refractivity (Wildman–Crippen MR) is 126 cm³/mol. The number of anilines is 1. The normalized spacial score (nSPS) is 12.9. The number of amides is 2. The molecule has 0 spiro atoms. The van der Waals surface area contributed by atoms with E-state index in [1.54, 1.807) is 7.05 Å². The third-order valence-electron chi connectivity index (χ3n) is 5.75. The van der Waals surface area contributed by atoms with Crippen molar-refractivity contribution in [3.05, 3.63) is 84.1 Å². The number of aromatic nitrogens is 2. The highest BCUT2D eigenvalue weighted by atomic mass is 16.5. The maximum Gasteiger partial charge on any atom is 0.412 e. The van der Waals surface area contributed by atoms with E-state index in [9.17, 15) is 19.5 Å². The Morgan fingerprint density at radius 3 is 2.35 bits per heavy atom. The molecule has 0 radical (unpaired) electrons. The lowest BCUT2D eigenvalue weighted by Gasteiger charge is -2.16. The quantitative estimate of drug-likeness (QED) is 0.442. The van der Waals surface area contributed by atoms with E-state index in [4.69, 9.17) is 4.74 Å². The van der Waals surface area contributed by atoms with E-state index in [1.165, 1.54) is 17.0 Å². The fourth-order valence-electron chi connectivity index (χ4n) is 4.11. The summed E-state index contributed by atoms with van der Waals surface area (Å²) >= 11 is 0. The molecule has 9 heteroatoms. The molecule has 3 N–H and O–H groups in total. The van der Waals surface area contributed by atoms with Crippen LogP contribution in [0.3, 0.4) is 0 Å². The smallest absolute Gasteiger partial charge is 0.412 e. The number of benzene rings is 2. The van der Waals surface area contributed by atoms with Gasteiger partial charge in [0.25, 0.3) is 5.91 Å². The second kappa shape index (κ2) is 9.62. The van der Waals surface area contributed by atoms with E-state index in [0.29, 0.717) is 0 Å². The van der Waals surface area contributed by atoms with Crippen LogP contribution in [0.5, 0.6) is 0 Å². The fourth-order valence-corrected chi connectivity index (χ4v) is 4.11. The van der Waals surface area contributed by atoms with Crippen LogP contribution < -0.4 is 10.6 Å². The number of carbonyl (C=O) groups excluding carboxylic acids is 2. The third-order valence-corrected chi connectivity index (χ3v) is 5.75. The number of aryl methyl sites for hydroxylation is 1. The van der Waals surface area contributed by atoms with Gasteiger partial charge < -0.3 is 15.2 Å². The van der Waals surface area contributed by atoms with Crippen molar-refractivity contribution in [2.75, 3.05) is 11.9 Å². The maximum atomic E-state index is 12.6. The summed E-state index contributed by atoms with van der Waals surface area (Å²) in [7, 11) is 1.55. The topological polar surface area (TPSA) is 123 Å². The molecule has 34 heavy (non-hydrogen) atoms. The molecule has 1 aliphatic carbocycles. The van der Waals surface area contributed by atoms with Gasteiger partial charge in [-0.2, -0.15) is 5.10 Å². The summed E-state index contributed by atoms with van der Waals surface area (Å²) in [5, 5.41) is 18.2. The number of carboxylic acids is 1. The molecule has 0 bridgehead atoms. The number of fused-ring (bicyclic) bond motifs is 3. The standard InChI is InChI=1S/C25H24N4O5/c1-3-8-21(24(31)32)27-23(30)19-13-26-29(2)22(19)28-25(33)34-14-20-17-11-6-4-9-15(17)16-10-5-7-12-18(16)20/h3-7,9-13,20-21H,1,8,14H2,2H3,(H,27,30)(H,28,33)(H,31,32). The Bertz CT molecular complexity index is 1220. The van der Waals surface area contributed by atoms with Crippen LogP contribution in [0, 0.1) is 0 Å². The van der Waals surface area contributed by atoms with Gasteiger partial charge in [0.2, 0.25) is 0 Å². The summed E-state index contributed by atoms with van der Waals surface area (Å²) in [4.78, 5) is 36.6. The summed E-state index contributed by atoms with van der Waals surface area (Å²) in [5.74, 6) is -1.89. The number of hydrogen-bond acceptors (Lipinski definition) is 5. The first kappa shape index (κ1) is 22.8. The van der Waals surface area contributed by atoms with Crippen molar-refractivity contribution >= 4 is 23.8 Å². The Morgan fingerprint density at radius 2 is 1.76 bits per heavy atom. The highest BCUT2D eigenvalue weighted by Gasteiger charge is 2.29. The Kier molecular flexibility index (Phi) is 6.44. The number of nitrogens with one attached hydrogen (secondary N) is 2. The fraction of sp³-hybridized carbons (Fsp3) is 0.200. The van der Waals surface area contributed by atoms with E-state index < -0.39 is 24.0 Å². The largest absolute Gasteiger partial charge is 0.480 e. The van der Waals surface area contributed by atoms with Gasteiger partial charge in [0.05, 0.1) is 6.20 Å². The molecule has 0 aliphatic heterocycles. The van der Waals surface area contributed by atoms with Crippen molar-refractivity contribution in [3.8, 4) is 11.1 Å². The molecule has 0 fully saturated rings. The molecule has 174 valence electrons. The van der Waals surface area contributed by atoms with Crippen molar-refractivity contribution in [1.29, 1.82) is 0 Å². The average molecular weight is 460 g/mol. The van der Waals surface area contributed by atoms with Crippen LogP contribution in [-0.4, -0.2) is 45.5 Å². The van der Waals surface area contributed by atoms with E-state index in [2.05, 4.69) is 22.3 Å². The van der Waals surface area contributed by atoms with Gasteiger partial charge in [-0.1, -0.05) is 54.6 Å². The summed E-state index contributed by atoms with van der Waals surface area (Å²) in [6.07, 6.45) is 1.95. The highest BCUT2D eigenvalue weighted by molar-refractivity contribution is 6.03. The second-order valence-corrected chi connectivity index (χ2v) is 7.87. The maximum absolute atomic E-state index is 12.6. The monoisotopic (exact) mass is 460 g/mol. The van der Waals surface area contributed by atoms with Gasteiger partial charge in [-0.05, 0) is 28.7 Å². The summed E-state index contributed by atoms with van der Waals surface area (Å²) in [6.45, 7) is 3.61. The Labute approximate surface area is 196 Å². The number of rotatable bonds is 8. The first-order valence-electron chi connectivity index (χ1n) is 10.7. The number of hydrogen-bond donors (Lipinski definition) is 3. The van der Waals surface area contributed by atoms with Crippen molar-refractivity contribution in [2.45, 2.75) is 18.4 Å². The van der Waals surface area contributed by atoms with Gasteiger partial charge in [0.15, 0.2) is 0 Å². The van der Waals surface area contributed by atoms with Crippen LogP contribution in [0.4, 0.5) is 10.6 Å². The van der Waals surface area contributed by atoms with Crippen LogP contribution in [0.25, 0.3) is 11.1 Å². The third kappa shape index (κ3) is 4.40. The van der Waals surface area contributed by atoms with Crippen LogP contribution in [-0.2, 0) is 16.6 Å². The lowest BCUT2D eigenvalue weighted by molar-refractivity contribution is -0.139. The minimum absolute atomic E-state index is 0.0197. The van der Waals surface area contributed by atoms with Crippen molar-refractivity contribution in [1.82, 2.24) is 15.1 Å². The molecule has 2 amide bonds. The molecule has 1 aliphatic rings. The number of carboxylic acid groups (broad SMARTS) is 1. The first-order valence-corrected chi connectivity index (χ1v) is 10.7. The molecule has 1 heterocycles. The van der Waals surface area contributed by atoms with Gasteiger partial charge in [0, 0.05) is 13.0 Å². The number of carbonyl (C=O) groups is 3. The van der Waals surface area contributed by atoms with Crippen LogP contribution in [0.1, 0.15) is 33.8 Å². The molecule has 0 saturated carbocycles. The summed E-state index contributed by atoms with van der Waals surface area (Å²) in [6, 6.07) is 14.9. The molecule has 9 nitrogen and oxygen atoms in total. The van der Waals surface area contributed by atoms with Crippen LogP contribution in [0.15, 0.2) is 67.4 Å². The molecule has 3 aromatic rings. The Balaban J connectivity index is 1.46. The van der Waals surface area contributed by atoms with E-state index in [-0.39, 0.29) is 30.3 Å². The highest BCUT2D eigenvalue weighted by Crippen LogP contribution is 2.44. The van der Waals surface area contributed by atoms with Crippen molar-refractivity contribution in [3.63, 3.8) is 0 Å². The van der Waals surface area contributed by atoms with Gasteiger partial charge in [-0.3, -0.25) is 14.8 Å². The Hall–Kier alpha value is -4.40.